The molecule has 3 aliphatic rings. The molecule has 1 aromatic rings. The van der Waals surface area contributed by atoms with Crippen LogP contribution < -0.4 is 0 Å². The number of ether oxygens (including phenoxy) is 1. The fourth-order valence-corrected chi connectivity index (χ4v) is 5.87. The second kappa shape index (κ2) is 9.13. The first kappa shape index (κ1) is 22.6. The van der Waals surface area contributed by atoms with Gasteiger partial charge < -0.3 is 4.74 Å². The van der Waals surface area contributed by atoms with E-state index in [1.807, 2.05) is 17.1 Å². The van der Waals surface area contributed by atoms with Crippen molar-refractivity contribution in [2.24, 2.45) is 11.8 Å². The number of imide groups is 1. The number of likely N-dealkylation sites (tertiary alicyclic amines) is 1. The van der Waals surface area contributed by atoms with Gasteiger partial charge in [-0.3, -0.25) is 19.4 Å². The van der Waals surface area contributed by atoms with Crippen LogP contribution in [-0.2, 0) is 24.3 Å². The van der Waals surface area contributed by atoms with Gasteiger partial charge in [-0.25, -0.2) is 13.2 Å². The predicted octanol–water partition coefficient (Wildman–Crippen LogP) is 1.08. The predicted molar refractivity (Wildman–Crippen MR) is 115 cm³/mol. The third-order valence-corrected chi connectivity index (χ3v) is 8.19. The number of allylic oxidation sites excluding steroid dienone is 2. The zero-order valence-corrected chi connectivity index (χ0v) is 18.8. The van der Waals surface area contributed by atoms with Gasteiger partial charge in [0.15, 0.2) is 0 Å². The molecule has 0 saturated carbocycles. The van der Waals surface area contributed by atoms with Crippen LogP contribution in [0, 0.1) is 11.8 Å². The van der Waals surface area contributed by atoms with Gasteiger partial charge in [0, 0.05) is 26.2 Å². The Labute approximate surface area is 187 Å². The van der Waals surface area contributed by atoms with Crippen LogP contribution in [-0.4, -0.2) is 79.8 Å². The highest BCUT2D eigenvalue weighted by Gasteiger charge is 2.47. The SMILES string of the molecule is CCOC(=O)c1ccc(S(=O)(=O)N2CCN(CN3C(=O)[C@@H]4CC=CC[C@H]4C3=O)CC2)cc1. The van der Waals surface area contributed by atoms with Crippen LogP contribution in [0.15, 0.2) is 41.3 Å². The number of sulfonamides is 1. The topological polar surface area (TPSA) is 104 Å². The first-order valence-corrected chi connectivity index (χ1v) is 12.3. The molecule has 0 bridgehead atoms. The lowest BCUT2D eigenvalue weighted by Gasteiger charge is -2.35. The van der Waals surface area contributed by atoms with Crippen molar-refractivity contribution in [3.8, 4) is 0 Å². The Hall–Kier alpha value is -2.56. The van der Waals surface area contributed by atoms with E-state index in [1.165, 1.54) is 33.5 Å². The van der Waals surface area contributed by atoms with Crippen molar-refractivity contribution in [2.75, 3.05) is 39.5 Å². The monoisotopic (exact) mass is 461 g/mol. The van der Waals surface area contributed by atoms with E-state index in [2.05, 4.69) is 0 Å². The molecule has 2 fully saturated rings. The lowest BCUT2D eigenvalue weighted by molar-refractivity contribution is -0.142. The summed E-state index contributed by atoms with van der Waals surface area (Å²) in [6.45, 7) is 3.51. The normalized spacial score (nSPS) is 24.6. The highest BCUT2D eigenvalue weighted by molar-refractivity contribution is 7.89. The van der Waals surface area contributed by atoms with Crippen molar-refractivity contribution in [2.45, 2.75) is 24.7 Å². The number of carbonyl (C=O) groups is 3. The third kappa shape index (κ3) is 4.22. The maximum Gasteiger partial charge on any atom is 0.338 e. The molecule has 10 heteroatoms. The van der Waals surface area contributed by atoms with Crippen LogP contribution in [0.4, 0.5) is 0 Å². The minimum atomic E-state index is -3.71. The van der Waals surface area contributed by atoms with E-state index in [9.17, 15) is 22.8 Å². The lowest BCUT2D eigenvalue weighted by atomic mass is 9.85. The number of carbonyl (C=O) groups excluding carboxylic acids is 3. The largest absolute Gasteiger partial charge is 0.462 e. The smallest absolute Gasteiger partial charge is 0.338 e. The van der Waals surface area contributed by atoms with Crippen LogP contribution in [0.2, 0.25) is 0 Å². The minimum Gasteiger partial charge on any atom is -0.462 e. The molecule has 4 rings (SSSR count). The standard InChI is InChI=1S/C22H27N3O6S/c1-2-31-22(28)16-7-9-17(10-8-16)32(29,30)24-13-11-23(12-14-24)15-25-20(26)18-5-3-4-6-19(18)21(25)27/h3-4,7-10,18-19H,2,5-6,11-15H2,1H3/t18-,19-/m1/s1. The summed E-state index contributed by atoms with van der Waals surface area (Å²) < 4.78 is 32.3. The molecule has 0 N–H and O–H groups in total. The molecule has 32 heavy (non-hydrogen) atoms. The Morgan fingerprint density at radius 3 is 2.06 bits per heavy atom. The number of hydrogen-bond acceptors (Lipinski definition) is 7. The van der Waals surface area contributed by atoms with Crippen LogP contribution in [0.3, 0.4) is 0 Å². The molecule has 9 nitrogen and oxygen atoms in total. The van der Waals surface area contributed by atoms with Crippen molar-refractivity contribution in [1.82, 2.24) is 14.1 Å². The lowest BCUT2D eigenvalue weighted by Crippen LogP contribution is -2.52. The van der Waals surface area contributed by atoms with Crippen LogP contribution in [0.5, 0.6) is 0 Å². The van der Waals surface area contributed by atoms with Crippen molar-refractivity contribution in [3.63, 3.8) is 0 Å². The van der Waals surface area contributed by atoms with Gasteiger partial charge in [0.2, 0.25) is 21.8 Å². The first-order valence-electron chi connectivity index (χ1n) is 10.8. The summed E-state index contributed by atoms with van der Waals surface area (Å²) in [6.07, 6.45) is 5.12. The first-order chi connectivity index (χ1) is 15.3. The van der Waals surface area contributed by atoms with Gasteiger partial charge in [-0.1, -0.05) is 12.2 Å². The van der Waals surface area contributed by atoms with Gasteiger partial charge in [0.05, 0.1) is 35.6 Å². The summed E-state index contributed by atoms with van der Waals surface area (Å²) in [7, 11) is -3.71. The third-order valence-electron chi connectivity index (χ3n) is 6.27. The molecule has 0 radical (unpaired) electrons. The highest BCUT2D eigenvalue weighted by Crippen LogP contribution is 2.35. The second-order valence-electron chi connectivity index (χ2n) is 8.17. The van der Waals surface area contributed by atoms with E-state index in [1.54, 1.807) is 6.92 Å². The molecule has 2 aliphatic heterocycles. The summed E-state index contributed by atoms with van der Waals surface area (Å²) in [6, 6.07) is 5.71. The second-order valence-corrected chi connectivity index (χ2v) is 10.1. The van der Waals surface area contributed by atoms with Crippen molar-refractivity contribution in [1.29, 1.82) is 0 Å². The molecule has 0 aromatic heterocycles. The molecule has 2 amide bonds. The Morgan fingerprint density at radius 1 is 0.969 bits per heavy atom. The van der Waals surface area contributed by atoms with E-state index >= 15 is 0 Å². The number of hydrogen-bond donors (Lipinski definition) is 0. The van der Waals surface area contributed by atoms with Crippen LogP contribution in [0.1, 0.15) is 30.1 Å². The fraction of sp³-hybridized carbons (Fsp3) is 0.500. The van der Waals surface area contributed by atoms with E-state index in [-0.39, 0.29) is 54.9 Å². The van der Waals surface area contributed by atoms with E-state index in [0.29, 0.717) is 31.5 Å². The Morgan fingerprint density at radius 2 is 1.53 bits per heavy atom. The van der Waals surface area contributed by atoms with E-state index < -0.39 is 16.0 Å². The number of nitrogens with zero attached hydrogens (tertiary/aromatic N) is 3. The maximum absolute atomic E-state index is 13.0. The molecule has 1 aromatic carbocycles. The quantitative estimate of drug-likeness (QED) is 0.355. The molecule has 0 unspecified atom stereocenters. The zero-order valence-electron chi connectivity index (χ0n) is 18.0. The number of esters is 1. The van der Waals surface area contributed by atoms with Crippen molar-refractivity contribution in [3.05, 3.63) is 42.0 Å². The van der Waals surface area contributed by atoms with Gasteiger partial charge in [0.25, 0.3) is 0 Å². The Balaban J connectivity index is 1.35. The molecular formula is C22H27N3O6S. The number of fused-ring (bicyclic) bond motifs is 1. The molecule has 172 valence electrons. The average Bonchev–Trinajstić information content (AvgIpc) is 3.05. The van der Waals surface area contributed by atoms with E-state index in [0.717, 1.165) is 0 Å². The van der Waals surface area contributed by atoms with Gasteiger partial charge >= 0.3 is 5.97 Å². The van der Waals surface area contributed by atoms with Gasteiger partial charge in [0.1, 0.15) is 0 Å². The highest BCUT2D eigenvalue weighted by atomic mass is 32.2. The van der Waals surface area contributed by atoms with Gasteiger partial charge in [-0.2, -0.15) is 4.31 Å². The van der Waals surface area contributed by atoms with E-state index in [4.69, 9.17) is 4.74 Å². The van der Waals surface area contributed by atoms with Crippen molar-refractivity contribution < 1.29 is 27.5 Å². The summed E-state index contributed by atoms with van der Waals surface area (Å²) >= 11 is 0. The van der Waals surface area contributed by atoms with Crippen LogP contribution >= 0.6 is 0 Å². The number of piperazine rings is 1. The number of amides is 2. The molecule has 2 saturated heterocycles. The molecule has 2 atom stereocenters. The molecule has 0 spiro atoms. The average molecular weight is 462 g/mol. The Kier molecular flexibility index (Phi) is 6.45. The zero-order chi connectivity index (χ0) is 22.9. The summed E-state index contributed by atoms with van der Waals surface area (Å²) in [5, 5.41) is 0. The van der Waals surface area contributed by atoms with Gasteiger partial charge in [-0.05, 0) is 44.0 Å². The number of benzene rings is 1. The minimum absolute atomic E-state index is 0.112. The maximum atomic E-state index is 13.0. The fourth-order valence-electron chi connectivity index (χ4n) is 4.45. The Bertz CT molecular complexity index is 1000. The van der Waals surface area contributed by atoms with Crippen LogP contribution in [0.25, 0.3) is 0 Å². The summed E-state index contributed by atoms with van der Waals surface area (Å²) in [5.74, 6) is -1.26. The molecular weight excluding hydrogens is 434 g/mol. The summed E-state index contributed by atoms with van der Waals surface area (Å²) in [4.78, 5) is 40.5. The number of rotatable bonds is 6. The summed E-state index contributed by atoms with van der Waals surface area (Å²) in [5.41, 5.74) is 0.298. The van der Waals surface area contributed by atoms with Crippen molar-refractivity contribution >= 4 is 27.8 Å². The molecule has 2 heterocycles. The van der Waals surface area contributed by atoms with Gasteiger partial charge in [-0.15, -0.1) is 0 Å². The molecule has 1 aliphatic carbocycles.